The lowest BCUT2D eigenvalue weighted by Gasteiger charge is -2.02. The normalized spacial score (nSPS) is 11.1. The molecule has 0 N–H and O–H groups in total. The molecule has 0 atom stereocenters. The molecule has 0 fully saturated rings. The second-order valence-electron chi connectivity index (χ2n) is 3.95. The van der Waals surface area contributed by atoms with E-state index >= 15 is 0 Å². The first-order valence-electron chi connectivity index (χ1n) is 5.32. The van der Waals surface area contributed by atoms with E-state index in [0.29, 0.717) is 5.15 Å². The Labute approximate surface area is 112 Å². The summed E-state index contributed by atoms with van der Waals surface area (Å²) in [5.41, 5.74) is 2.71. The minimum Gasteiger partial charge on any atom is -0.235 e. The van der Waals surface area contributed by atoms with Crippen LogP contribution in [0.2, 0.25) is 5.15 Å². The number of aryl methyl sites for hydroxylation is 1. The van der Waals surface area contributed by atoms with Gasteiger partial charge < -0.3 is 0 Å². The minimum atomic E-state index is -0.227. The van der Waals surface area contributed by atoms with Crippen molar-refractivity contribution in [2.75, 3.05) is 0 Å². The fraction of sp³-hybridized carbons (Fsp3) is 0.0769. The average molecular weight is 279 g/mol. The van der Waals surface area contributed by atoms with E-state index in [1.54, 1.807) is 6.07 Å². The molecule has 0 bridgehead atoms. The van der Waals surface area contributed by atoms with E-state index in [1.807, 2.05) is 13.0 Å². The second kappa shape index (κ2) is 4.30. The molecule has 0 saturated carbocycles. The number of halogens is 2. The van der Waals surface area contributed by atoms with Crippen LogP contribution in [0.4, 0.5) is 4.39 Å². The lowest BCUT2D eigenvalue weighted by Crippen LogP contribution is -1.82. The lowest BCUT2D eigenvalue weighted by molar-refractivity contribution is 0.627. The molecular formula is C13H8ClFN2S. The quantitative estimate of drug-likeness (QED) is 0.614. The molecular weight excluding hydrogens is 271 g/mol. The Bertz CT molecular complexity index is 739. The molecule has 0 aliphatic heterocycles. The van der Waals surface area contributed by atoms with Gasteiger partial charge in [0.05, 0.1) is 10.2 Å². The Hall–Kier alpha value is -1.52. The van der Waals surface area contributed by atoms with Gasteiger partial charge in [-0.05, 0) is 36.2 Å². The molecule has 3 rings (SSSR count). The van der Waals surface area contributed by atoms with Gasteiger partial charge in [-0.1, -0.05) is 17.7 Å². The number of fused-ring (bicyclic) bond motifs is 1. The van der Waals surface area contributed by atoms with E-state index in [4.69, 9.17) is 11.6 Å². The predicted molar refractivity (Wildman–Crippen MR) is 72.6 cm³/mol. The van der Waals surface area contributed by atoms with Crippen LogP contribution in [0.3, 0.4) is 0 Å². The number of aromatic nitrogens is 2. The summed E-state index contributed by atoms with van der Waals surface area (Å²) in [5, 5.41) is 0.455. The molecule has 2 nitrogen and oxygen atoms in total. The highest BCUT2D eigenvalue weighted by molar-refractivity contribution is 7.22. The molecule has 90 valence electrons. The molecule has 0 spiro atoms. The zero-order valence-electron chi connectivity index (χ0n) is 9.45. The first-order chi connectivity index (χ1) is 8.65. The van der Waals surface area contributed by atoms with Crippen LogP contribution in [0.1, 0.15) is 5.56 Å². The zero-order valence-corrected chi connectivity index (χ0v) is 11.0. The molecule has 0 aliphatic carbocycles. The summed E-state index contributed by atoms with van der Waals surface area (Å²) < 4.78 is 14.0. The monoisotopic (exact) mass is 278 g/mol. The van der Waals surface area contributed by atoms with Gasteiger partial charge in [-0.15, -0.1) is 11.3 Å². The van der Waals surface area contributed by atoms with Crippen molar-refractivity contribution in [1.82, 2.24) is 9.97 Å². The summed E-state index contributed by atoms with van der Waals surface area (Å²) in [7, 11) is 0. The van der Waals surface area contributed by atoms with Gasteiger partial charge in [-0.3, -0.25) is 0 Å². The van der Waals surface area contributed by atoms with Gasteiger partial charge in [-0.2, -0.15) is 0 Å². The second-order valence-corrected chi connectivity index (χ2v) is 5.36. The summed E-state index contributed by atoms with van der Waals surface area (Å²) >= 11 is 7.54. The molecule has 0 amide bonds. The van der Waals surface area contributed by atoms with E-state index in [0.717, 1.165) is 26.2 Å². The summed E-state index contributed by atoms with van der Waals surface area (Å²) in [6, 6.07) is 6.71. The van der Waals surface area contributed by atoms with Crippen LogP contribution in [0.25, 0.3) is 20.7 Å². The van der Waals surface area contributed by atoms with Crippen LogP contribution in [-0.4, -0.2) is 9.97 Å². The SMILES string of the molecule is Cc1cc(F)ccc1-c1cc2ncnc(Cl)c2s1. The van der Waals surface area contributed by atoms with Gasteiger partial charge in [0.25, 0.3) is 0 Å². The molecule has 0 unspecified atom stereocenters. The Morgan fingerprint density at radius 3 is 2.78 bits per heavy atom. The highest BCUT2D eigenvalue weighted by Crippen LogP contribution is 2.36. The number of hydrogen-bond donors (Lipinski definition) is 0. The number of nitrogens with zero attached hydrogens (tertiary/aromatic N) is 2. The number of benzene rings is 1. The molecule has 2 aromatic heterocycles. The van der Waals surface area contributed by atoms with E-state index in [9.17, 15) is 4.39 Å². The van der Waals surface area contributed by atoms with Crippen LogP contribution in [-0.2, 0) is 0 Å². The maximum Gasteiger partial charge on any atom is 0.150 e. The summed E-state index contributed by atoms with van der Waals surface area (Å²) in [4.78, 5) is 9.15. The lowest BCUT2D eigenvalue weighted by atomic mass is 10.1. The first-order valence-corrected chi connectivity index (χ1v) is 6.51. The van der Waals surface area contributed by atoms with Crippen molar-refractivity contribution < 1.29 is 4.39 Å². The summed E-state index contributed by atoms with van der Waals surface area (Å²) in [6.45, 7) is 1.89. The predicted octanol–water partition coefficient (Wildman–Crippen LogP) is 4.46. The fourth-order valence-electron chi connectivity index (χ4n) is 1.86. The molecule has 0 radical (unpaired) electrons. The highest BCUT2D eigenvalue weighted by atomic mass is 35.5. The van der Waals surface area contributed by atoms with E-state index in [-0.39, 0.29) is 5.82 Å². The van der Waals surface area contributed by atoms with Crippen LogP contribution in [0.15, 0.2) is 30.6 Å². The summed E-state index contributed by atoms with van der Waals surface area (Å²) in [5.74, 6) is -0.227. The largest absolute Gasteiger partial charge is 0.235 e. The van der Waals surface area contributed by atoms with Gasteiger partial charge in [-0.25, -0.2) is 14.4 Å². The van der Waals surface area contributed by atoms with Crippen molar-refractivity contribution in [3.63, 3.8) is 0 Å². The maximum atomic E-state index is 13.1. The summed E-state index contributed by atoms with van der Waals surface area (Å²) in [6.07, 6.45) is 1.44. The van der Waals surface area contributed by atoms with Gasteiger partial charge in [0.1, 0.15) is 17.3 Å². The van der Waals surface area contributed by atoms with Crippen LogP contribution >= 0.6 is 22.9 Å². The average Bonchev–Trinajstić information content (AvgIpc) is 2.74. The first kappa shape index (κ1) is 11.6. The van der Waals surface area contributed by atoms with Crippen molar-refractivity contribution in [3.05, 3.63) is 47.1 Å². The van der Waals surface area contributed by atoms with Crippen molar-refractivity contribution in [3.8, 4) is 10.4 Å². The maximum absolute atomic E-state index is 13.1. The Morgan fingerprint density at radius 2 is 2.06 bits per heavy atom. The minimum absolute atomic E-state index is 0.227. The van der Waals surface area contributed by atoms with Gasteiger partial charge in [0.2, 0.25) is 0 Å². The van der Waals surface area contributed by atoms with Crippen molar-refractivity contribution in [1.29, 1.82) is 0 Å². The van der Waals surface area contributed by atoms with E-state index in [1.165, 1.54) is 29.8 Å². The third-order valence-electron chi connectivity index (χ3n) is 2.72. The molecule has 1 aromatic carbocycles. The Balaban J connectivity index is 2.23. The molecule has 5 heteroatoms. The zero-order chi connectivity index (χ0) is 12.7. The third-order valence-corrected chi connectivity index (χ3v) is 4.28. The molecule has 3 aromatic rings. The van der Waals surface area contributed by atoms with Crippen molar-refractivity contribution in [2.24, 2.45) is 0 Å². The molecule has 0 saturated heterocycles. The van der Waals surface area contributed by atoms with Crippen molar-refractivity contribution in [2.45, 2.75) is 6.92 Å². The topological polar surface area (TPSA) is 25.8 Å². The number of hydrogen-bond acceptors (Lipinski definition) is 3. The number of rotatable bonds is 1. The standard InChI is InChI=1S/C13H8ClFN2S/c1-7-4-8(15)2-3-9(7)11-5-10-12(18-11)13(14)17-6-16-10/h2-6H,1H3. The van der Waals surface area contributed by atoms with Gasteiger partial charge in [0.15, 0.2) is 0 Å². The fourth-order valence-corrected chi connectivity index (χ4v) is 3.20. The third kappa shape index (κ3) is 1.87. The molecule has 18 heavy (non-hydrogen) atoms. The smallest absolute Gasteiger partial charge is 0.150 e. The van der Waals surface area contributed by atoms with E-state index in [2.05, 4.69) is 9.97 Å². The van der Waals surface area contributed by atoms with Crippen LogP contribution < -0.4 is 0 Å². The Kier molecular flexibility index (Phi) is 2.76. The van der Waals surface area contributed by atoms with Gasteiger partial charge in [0, 0.05) is 4.88 Å². The van der Waals surface area contributed by atoms with Crippen LogP contribution in [0, 0.1) is 12.7 Å². The van der Waals surface area contributed by atoms with Crippen molar-refractivity contribution >= 4 is 33.2 Å². The highest BCUT2D eigenvalue weighted by Gasteiger charge is 2.10. The van der Waals surface area contributed by atoms with Gasteiger partial charge >= 0.3 is 0 Å². The van der Waals surface area contributed by atoms with E-state index < -0.39 is 0 Å². The number of thiophene rings is 1. The molecule has 2 heterocycles. The Morgan fingerprint density at radius 1 is 1.22 bits per heavy atom. The van der Waals surface area contributed by atoms with Crippen LogP contribution in [0.5, 0.6) is 0 Å². The molecule has 0 aliphatic rings.